The van der Waals surface area contributed by atoms with Gasteiger partial charge in [0.1, 0.15) is 22.3 Å². The fourth-order valence-corrected chi connectivity index (χ4v) is 6.34. The molecule has 0 saturated carbocycles. The van der Waals surface area contributed by atoms with Gasteiger partial charge in [-0.1, -0.05) is 18.2 Å². The molecule has 1 aliphatic heterocycles. The standard InChI is InChI=1S/C21H20F2N2O3S2/c1-28-15-5-2-4-14(12-15)19-13-29-21(24-19)25-10-8-16(9-11-25)30(26,27)20-17(22)6-3-7-18(20)23/h2-7,12-13,16H,8-11H2,1H3. The van der Waals surface area contributed by atoms with Crippen LogP contribution in [0.15, 0.2) is 52.7 Å². The van der Waals surface area contributed by atoms with Crippen molar-refractivity contribution >= 4 is 26.3 Å². The molecule has 1 fully saturated rings. The van der Waals surface area contributed by atoms with Crippen molar-refractivity contribution in [1.82, 2.24) is 4.98 Å². The van der Waals surface area contributed by atoms with Gasteiger partial charge >= 0.3 is 0 Å². The summed E-state index contributed by atoms with van der Waals surface area (Å²) in [6, 6.07) is 10.7. The first-order valence-corrected chi connectivity index (χ1v) is 11.9. The SMILES string of the molecule is COc1cccc(-c2csc(N3CCC(S(=O)(=O)c4c(F)cccc4F)CC3)n2)c1. The first-order valence-electron chi connectivity index (χ1n) is 9.43. The van der Waals surface area contributed by atoms with E-state index in [9.17, 15) is 17.2 Å². The number of halogens is 2. The molecule has 5 nitrogen and oxygen atoms in total. The zero-order valence-corrected chi connectivity index (χ0v) is 17.8. The molecule has 2 heterocycles. The Morgan fingerprint density at radius 1 is 1.10 bits per heavy atom. The minimum absolute atomic E-state index is 0.282. The molecule has 0 unspecified atom stereocenters. The first-order chi connectivity index (χ1) is 14.4. The molecular weight excluding hydrogens is 430 g/mol. The van der Waals surface area contributed by atoms with Gasteiger partial charge in [0.2, 0.25) is 0 Å². The van der Waals surface area contributed by atoms with Crippen LogP contribution in [0, 0.1) is 11.6 Å². The third kappa shape index (κ3) is 3.91. The summed E-state index contributed by atoms with van der Waals surface area (Å²) in [5.74, 6) is -1.34. The predicted molar refractivity (Wildman–Crippen MR) is 113 cm³/mol. The second-order valence-electron chi connectivity index (χ2n) is 7.03. The molecule has 1 aromatic heterocycles. The van der Waals surface area contributed by atoms with Crippen LogP contribution in [0.5, 0.6) is 5.75 Å². The van der Waals surface area contributed by atoms with Gasteiger partial charge in [-0.2, -0.15) is 0 Å². The van der Waals surface area contributed by atoms with Crippen LogP contribution in [0.3, 0.4) is 0 Å². The predicted octanol–water partition coefficient (Wildman–Crippen LogP) is 4.54. The van der Waals surface area contributed by atoms with Crippen LogP contribution in [0.4, 0.5) is 13.9 Å². The minimum Gasteiger partial charge on any atom is -0.497 e. The van der Waals surface area contributed by atoms with E-state index in [2.05, 4.69) is 4.98 Å². The van der Waals surface area contributed by atoms with Gasteiger partial charge in [-0.05, 0) is 37.1 Å². The lowest BCUT2D eigenvalue weighted by molar-refractivity contribution is 0.415. The lowest BCUT2D eigenvalue weighted by Gasteiger charge is -2.31. The van der Waals surface area contributed by atoms with Crippen LogP contribution in [0.1, 0.15) is 12.8 Å². The van der Waals surface area contributed by atoms with E-state index in [0.29, 0.717) is 13.1 Å². The number of hydrogen-bond acceptors (Lipinski definition) is 6. The number of ether oxygens (including phenoxy) is 1. The fourth-order valence-electron chi connectivity index (χ4n) is 3.60. The van der Waals surface area contributed by atoms with Crippen LogP contribution >= 0.6 is 11.3 Å². The van der Waals surface area contributed by atoms with Gasteiger partial charge in [0.25, 0.3) is 0 Å². The van der Waals surface area contributed by atoms with Crippen LogP contribution in [0.25, 0.3) is 11.3 Å². The van der Waals surface area contributed by atoms with Gasteiger partial charge in [0, 0.05) is 24.0 Å². The minimum atomic E-state index is -4.08. The van der Waals surface area contributed by atoms with Crippen molar-refractivity contribution in [2.45, 2.75) is 23.0 Å². The zero-order valence-electron chi connectivity index (χ0n) is 16.2. The Hall–Kier alpha value is -2.52. The van der Waals surface area contributed by atoms with Crippen molar-refractivity contribution in [2.75, 3.05) is 25.1 Å². The molecule has 0 bridgehead atoms. The molecule has 0 N–H and O–H groups in total. The van der Waals surface area contributed by atoms with Gasteiger partial charge in [0.15, 0.2) is 15.0 Å². The van der Waals surface area contributed by atoms with Crippen LogP contribution in [-0.4, -0.2) is 38.9 Å². The van der Waals surface area contributed by atoms with Crippen molar-refractivity contribution in [2.24, 2.45) is 0 Å². The number of benzene rings is 2. The summed E-state index contributed by atoms with van der Waals surface area (Å²) in [7, 11) is -2.47. The number of thiazole rings is 1. The van der Waals surface area contributed by atoms with Crippen molar-refractivity contribution in [3.63, 3.8) is 0 Å². The van der Waals surface area contributed by atoms with E-state index >= 15 is 0 Å². The Kier molecular flexibility index (Phi) is 5.75. The largest absolute Gasteiger partial charge is 0.497 e. The number of rotatable bonds is 5. The fraction of sp³-hybridized carbons (Fsp3) is 0.286. The number of aromatic nitrogens is 1. The monoisotopic (exact) mass is 450 g/mol. The Bertz CT molecular complexity index is 1140. The molecule has 0 atom stereocenters. The number of methoxy groups -OCH3 is 1. The molecule has 0 spiro atoms. The van der Waals surface area contributed by atoms with Gasteiger partial charge in [0.05, 0.1) is 18.1 Å². The zero-order chi connectivity index (χ0) is 21.3. The van der Waals surface area contributed by atoms with Crippen molar-refractivity contribution < 1.29 is 21.9 Å². The number of nitrogens with zero attached hydrogens (tertiary/aromatic N) is 2. The molecule has 3 aromatic rings. The third-order valence-electron chi connectivity index (χ3n) is 5.21. The van der Waals surface area contributed by atoms with Gasteiger partial charge in [-0.3, -0.25) is 0 Å². The third-order valence-corrected chi connectivity index (χ3v) is 8.42. The molecule has 30 heavy (non-hydrogen) atoms. The molecule has 0 aliphatic carbocycles. The van der Waals surface area contributed by atoms with Gasteiger partial charge in [-0.15, -0.1) is 11.3 Å². The van der Waals surface area contributed by atoms with Crippen molar-refractivity contribution in [1.29, 1.82) is 0 Å². The second kappa shape index (κ2) is 8.31. The maximum absolute atomic E-state index is 14.0. The summed E-state index contributed by atoms with van der Waals surface area (Å²) in [5.41, 5.74) is 1.75. The van der Waals surface area contributed by atoms with E-state index in [1.165, 1.54) is 11.3 Å². The second-order valence-corrected chi connectivity index (χ2v) is 10.0. The highest BCUT2D eigenvalue weighted by Gasteiger charge is 2.35. The van der Waals surface area contributed by atoms with E-state index in [1.54, 1.807) is 7.11 Å². The van der Waals surface area contributed by atoms with E-state index < -0.39 is 31.6 Å². The van der Waals surface area contributed by atoms with Gasteiger partial charge < -0.3 is 9.64 Å². The van der Waals surface area contributed by atoms with Gasteiger partial charge in [-0.25, -0.2) is 22.2 Å². The summed E-state index contributed by atoms with van der Waals surface area (Å²) in [4.78, 5) is 5.86. The number of sulfone groups is 1. The summed E-state index contributed by atoms with van der Waals surface area (Å²) < 4.78 is 58.9. The molecule has 1 saturated heterocycles. The van der Waals surface area contributed by atoms with Crippen molar-refractivity contribution in [3.05, 3.63) is 59.5 Å². The Morgan fingerprint density at radius 3 is 2.43 bits per heavy atom. The Morgan fingerprint density at radius 2 is 1.77 bits per heavy atom. The topological polar surface area (TPSA) is 59.5 Å². The van der Waals surface area contributed by atoms with Crippen LogP contribution in [0.2, 0.25) is 0 Å². The van der Waals surface area contributed by atoms with E-state index in [1.807, 2.05) is 34.5 Å². The molecular formula is C21H20F2N2O3S2. The average Bonchev–Trinajstić information content (AvgIpc) is 3.24. The first kappa shape index (κ1) is 20.7. The highest BCUT2D eigenvalue weighted by Crippen LogP contribution is 2.33. The van der Waals surface area contributed by atoms with E-state index in [0.717, 1.165) is 40.3 Å². The summed E-state index contributed by atoms with van der Waals surface area (Å²) in [6.07, 6.45) is 0.564. The smallest absolute Gasteiger partial charge is 0.187 e. The van der Waals surface area contributed by atoms with E-state index in [4.69, 9.17) is 4.74 Å². The average molecular weight is 451 g/mol. The maximum atomic E-state index is 14.0. The van der Waals surface area contributed by atoms with Crippen LogP contribution in [-0.2, 0) is 9.84 Å². The molecule has 0 amide bonds. The lowest BCUT2D eigenvalue weighted by Crippen LogP contribution is -2.39. The summed E-state index contributed by atoms with van der Waals surface area (Å²) in [5, 5.41) is 1.92. The molecule has 2 aromatic carbocycles. The number of anilines is 1. The summed E-state index contributed by atoms with van der Waals surface area (Å²) in [6.45, 7) is 0.899. The number of hydrogen-bond donors (Lipinski definition) is 0. The highest BCUT2D eigenvalue weighted by atomic mass is 32.2. The Balaban J connectivity index is 1.48. The Labute approximate surface area is 177 Å². The lowest BCUT2D eigenvalue weighted by atomic mass is 10.1. The van der Waals surface area contributed by atoms with Crippen LogP contribution < -0.4 is 9.64 Å². The van der Waals surface area contributed by atoms with Crippen molar-refractivity contribution in [3.8, 4) is 17.0 Å². The normalized spacial score (nSPS) is 15.4. The quantitative estimate of drug-likeness (QED) is 0.571. The molecule has 158 valence electrons. The molecule has 4 rings (SSSR count). The molecule has 9 heteroatoms. The molecule has 1 aliphatic rings. The summed E-state index contributed by atoms with van der Waals surface area (Å²) >= 11 is 1.48. The maximum Gasteiger partial charge on any atom is 0.187 e. The molecule has 0 radical (unpaired) electrons. The van der Waals surface area contributed by atoms with E-state index in [-0.39, 0.29) is 12.8 Å². The highest BCUT2D eigenvalue weighted by molar-refractivity contribution is 7.92. The number of piperidine rings is 1.